The number of benzene rings is 2. The molecule has 4 nitrogen and oxygen atoms in total. The van der Waals surface area contributed by atoms with Crippen LogP contribution in [0.5, 0.6) is 0 Å². The quantitative estimate of drug-likeness (QED) is 0.414. The van der Waals surface area contributed by atoms with Crippen LogP contribution in [-0.2, 0) is 11.2 Å². The molecule has 5 heteroatoms. The predicted molar refractivity (Wildman–Crippen MR) is 132 cm³/mol. The molecule has 0 unspecified atom stereocenters. The Bertz CT molecular complexity index is 1210. The molecule has 1 fully saturated rings. The van der Waals surface area contributed by atoms with E-state index in [0.29, 0.717) is 11.4 Å². The minimum Gasteiger partial charge on any atom is -0.318 e. The second-order valence-electron chi connectivity index (χ2n) is 8.35. The predicted octanol–water partition coefficient (Wildman–Crippen LogP) is 6.38. The SMILES string of the molecule is Cc1ccc(-n2c(C)cc(/C=C3/SC(=O)N(CCCc4ccccc4)C3=O)c2C)cc1C. The molecule has 0 saturated carbocycles. The summed E-state index contributed by atoms with van der Waals surface area (Å²) in [4.78, 5) is 27.3. The van der Waals surface area contributed by atoms with Crippen LogP contribution in [0.25, 0.3) is 11.8 Å². The number of rotatable bonds is 6. The van der Waals surface area contributed by atoms with Crippen molar-refractivity contribution in [2.75, 3.05) is 6.54 Å². The molecule has 0 aliphatic carbocycles. The summed E-state index contributed by atoms with van der Waals surface area (Å²) in [6.45, 7) is 8.78. The number of aryl methyl sites for hydroxylation is 4. The van der Waals surface area contributed by atoms with E-state index in [9.17, 15) is 9.59 Å². The van der Waals surface area contributed by atoms with Crippen LogP contribution in [-0.4, -0.2) is 27.2 Å². The fourth-order valence-corrected chi connectivity index (χ4v) is 4.97. The number of carbonyl (C=O) groups is 2. The van der Waals surface area contributed by atoms with Crippen LogP contribution in [0, 0.1) is 27.7 Å². The first kappa shape index (κ1) is 22.2. The third-order valence-corrected chi connectivity index (χ3v) is 6.98. The zero-order valence-corrected chi connectivity index (χ0v) is 19.8. The van der Waals surface area contributed by atoms with E-state index in [1.165, 1.54) is 21.6 Å². The molecule has 0 spiro atoms. The zero-order valence-electron chi connectivity index (χ0n) is 19.0. The largest absolute Gasteiger partial charge is 0.318 e. The van der Waals surface area contributed by atoms with Gasteiger partial charge in [-0.3, -0.25) is 14.5 Å². The Labute approximate surface area is 193 Å². The second-order valence-corrected chi connectivity index (χ2v) is 9.35. The van der Waals surface area contributed by atoms with Crippen molar-refractivity contribution >= 4 is 29.0 Å². The van der Waals surface area contributed by atoms with Gasteiger partial charge in [-0.1, -0.05) is 36.4 Å². The Balaban J connectivity index is 1.52. The molecule has 3 aromatic rings. The minimum absolute atomic E-state index is 0.183. The molecule has 0 bridgehead atoms. The average molecular weight is 445 g/mol. The summed E-state index contributed by atoms with van der Waals surface area (Å²) in [5.74, 6) is -0.191. The molecule has 2 aromatic carbocycles. The molecule has 0 radical (unpaired) electrons. The van der Waals surface area contributed by atoms with Crippen LogP contribution in [0.2, 0.25) is 0 Å². The van der Waals surface area contributed by atoms with E-state index >= 15 is 0 Å². The van der Waals surface area contributed by atoms with Crippen LogP contribution >= 0.6 is 11.8 Å². The first-order chi connectivity index (χ1) is 15.3. The monoisotopic (exact) mass is 444 g/mol. The summed E-state index contributed by atoms with van der Waals surface area (Å²) in [5, 5.41) is -0.183. The third kappa shape index (κ3) is 4.44. The number of nitrogens with zero attached hydrogens (tertiary/aromatic N) is 2. The maximum Gasteiger partial charge on any atom is 0.293 e. The summed E-state index contributed by atoms with van der Waals surface area (Å²) < 4.78 is 2.20. The number of thioether (sulfide) groups is 1. The molecule has 164 valence electrons. The summed E-state index contributed by atoms with van der Waals surface area (Å²) in [6, 6.07) is 18.6. The molecule has 1 aliphatic rings. The zero-order chi connectivity index (χ0) is 22.8. The summed E-state index contributed by atoms with van der Waals surface area (Å²) in [6.07, 6.45) is 3.47. The van der Waals surface area contributed by atoms with Gasteiger partial charge in [0.25, 0.3) is 11.1 Å². The van der Waals surface area contributed by atoms with Gasteiger partial charge in [0.1, 0.15) is 0 Å². The van der Waals surface area contributed by atoms with E-state index in [4.69, 9.17) is 0 Å². The Hall–Kier alpha value is -3.05. The molecular weight excluding hydrogens is 416 g/mol. The van der Waals surface area contributed by atoms with Crippen molar-refractivity contribution in [2.45, 2.75) is 40.5 Å². The van der Waals surface area contributed by atoms with Gasteiger partial charge in [-0.25, -0.2) is 0 Å². The van der Waals surface area contributed by atoms with Gasteiger partial charge in [-0.05, 0) is 98.8 Å². The van der Waals surface area contributed by atoms with Crippen molar-refractivity contribution in [1.82, 2.24) is 9.47 Å². The lowest BCUT2D eigenvalue weighted by Gasteiger charge is -2.12. The average Bonchev–Trinajstić information content (AvgIpc) is 3.20. The lowest BCUT2D eigenvalue weighted by atomic mass is 10.1. The lowest BCUT2D eigenvalue weighted by Crippen LogP contribution is -2.29. The van der Waals surface area contributed by atoms with Crippen LogP contribution in [0.15, 0.2) is 59.5 Å². The number of aromatic nitrogens is 1. The first-order valence-electron chi connectivity index (χ1n) is 10.9. The topological polar surface area (TPSA) is 42.3 Å². The highest BCUT2D eigenvalue weighted by atomic mass is 32.2. The maximum atomic E-state index is 12.9. The van der Waals surface area contributed by atoms with Gasteiger partial charge in [0.05, 0.1) is 4.91 Å². The van der Waals surface area contributed by atoms with Gasteiger partial charge >= 0.3 is 0 Å². The fraction of sp³-hybridized carbons (Fsp3) is 0.259. The summed E-state index contributed by atoms with van der Waals surface area (Å²) >= 11 is 1.04. The highest BCUT2D eigenvalue weighted by Crippen LogP contribution is 2.34. The van der Waals surface area contributed by atoms with Crippen LogP contribution in [0.3, 0.4) is 0 Å². The van der Waals surface area contributed by atoms with Crippen molar-refractivity contribution in [2.24, 2.45) is 0 Å². The van der Waals surface area contributed by atoms with Crippen LogP contribution in [0.4, 0.5) is 4.79 Å². The Morgan fingerprint density at radius 1 is 0.906 bits per heavy atom. The molecule has 4 rings (SSSR count). The summed E-state index contributed by atoms with van der Waals surface area (Å²) in [5.41, 5.74) is 7.95. The van der Waals surface area contributed by atoms with Gasteiger partial charge in [-0.15, -0.1) is 0 Å². The normalized spacial score (nSPS) is 15.2. The van der Waals surface area contributed by atoms with Crippen molar-refractivity contribution in [3.8, 4) is 5.69 Å². The lowest BCUT2D eigenvalue weighted by molar-refractivity contribution is -0.122. The van der Waals surface area contributed by atoms with Crippen LogP contribution < -0.4 is 0 Å². The Morgan fingerprint density at radius 3 is 2.38 bits per heavy atom. The van der Waals surface area contributed by atoms with Gasteiger partial charge < -0.3 is 4.57 Å². The van der Waals surface area contributed by atoms with Crippen molar-refractivity contribution in [1.29, 1.82) is 0 Å². The van der Waals surface area contributed by atoms with Gasteiger partial charge in [-0.2, -0.15) is 0 Å². The second kappa shape index (κ2) is 9.21. The van der Waals surface area contributed by atoms with Crippen molar-refractivity contribution < 1.29 is 9.59 Å². The van der Waals surface area contributed by atoms with Crippen molar-refractivity contribution in [3.63, 3.8) is 0 Å². The number of amides is 2. The smallest absolute Gasteiger partial charge is 0.293 e. The maximum absolute atomic E-state index is 12.9. The van der Waals surface area contributed by atoms with E-state index in [1.807, 2.05) is 24.3 Å². The molecule has 0 N–H and O–H groups in total. The van der Waals surface area contributed by atoms with Gasteiger partial charge in [0.15, 0.2) is 0 Å². The van der Waals surface area contributed by atoms with E-state index in [2.05, 4.69) is 68.7 Å². The molecule has 1 aromatic heterocycles. The molecule has 2 amide bonds. The molecular formula is C27H28N2O2S. The summed E-state index contributed by atoms with van der Waals surface area (Å²) in [7, 11) is 0. The highest BCUT2D eigenvalue weighted by molar-refractivity contribution is 8.18. The van der Waals surface area contributed by atoms with Crippen molar-refractivity contribution in [3.05, 3.63) is 93.1 Å². The van der Waals surface area contributed by atoms with Crippen LogP contribution in [0.1, 0.15) is 40.1 Å². The number of hydrogen-bond donors (Lipinski definition) is 0. The highest BCUT2D eigenvalue weighted by Gasteiger charge is 2.34. The van der Waals surface area contributed by atoms with E-state index in [1.54, 1.807) is 0 Å². The van der Waals surface area contributed by atoms with E-state index < -0.39 is 0 Å². The molecule has 0 atom stereocenters. The van der Waals surface area contributed by atoms with Gasteiger partial charge in [0, 0.05) is 23.6 Å². The molecule has 1 aliphatic heterocycles. The molecule has 1 saturated heterocycles. The Morgan fingerprint density at radius 2 is 1.66 bits per heavy atom. The molecule has 32 heavy (non-hydrogen) atoms. The standard InChI is InChI=1S/C27H28N2O2S/c1-18-12-13-24(15-19(18)2)29-20(3)16-23(21(29)4)17-25-26(30)28(27(31)32-25)14-8-11-22-9-6-5-7-10-22/h5-7,9-10,12-13,15-17H,8,11,14H2,1-4H3/b25-17+. The number of carbonyl (C=O) groups excluding carboxylic acids is 2. The number of hydrogen-bond acceptors (Lipinski definition) is 3. The minimum atomic E-state index is -0.191. The van der Waals surface area contributed by atoms with E-state index in [0.717, 1.165) is 47.2 Å². The van der Waals surface area contributed by atoms with Gasteiger partial charge in [0.2, 0.25) is 0 Å². The first-order valence-corrected chi connectivity index (χ1v) is 11.7. The third-order valence-electron chi connectivity index (χ3n) is 6.07. The molecule has 2 heterocycles. The number of imide groups is 1. The van der Waals surface area contributed by atoms with E-state index in [-0.39, 0.29) is 11.1 Å². The Kier molecular flexibility index (Phi) is 6.38. The fourth-order valence-electron chi connectivity index (χ4n) is 4.12.